The Balaban J connectivity index is 1.40. The highest BCUT2D eigenvalue weighted by Gasteiger charge is 2.34. The number of fused-ring (bicyclic) bond motifs is 9. The summed E-state index contributed by atoms with van der Waals surface area (Å²) in [5, 5.41) is 14.1. The maximum Gasteiger partial charge on any atom is 0.0811 e. The Morgan fingerprint density at radius 3 is 2.11 bits per heavy atom. The highest BCUT2D eigenvalue weighted by Crippen LogP contribution is 2.54. The van der Waals surface area contributed by atoms with Crippen molar-refractivity contribution in [2.45, 2.75) is 44.6 Å². The summed E-state index contributed by atoms with van der Waals surface area (Å²) in [4.78, 5) is 7.85. The minimum Gasteiger partial charge on any atom is -0.381 e. The number of hydrogen-bond acceptors (Lipinski definition) is 4. The van der Waals surface area contributed by atoms with Gasteiger partial charge in [0.2, 0.25) is 0 Å². The first kappa shape index (κ1) is 25.5. The van der Waals surface area contributed by atoms with Gasteiger partial charge in [0.25, 0.3) is 0 Å². The number of thiophene rings is 2. The molecule has 46 heavy (non-hydrogen) atoms. The molecule has 1 aliphatic heterocycles. The molecule has 11 rings (SSSR count). The van der Waals surface area contributed by atoms with Gasteiger partial charge in [-0.15, -0.1) is 22.7 Å². The van der Waals surface area contributed by atoms with Crippen LogP contribution in [0.3, 0.4) is 0 Å². The average Bonchev–Trinajstić information content (AvgIpc) is 3.85. The third kappa shape index (κ3) is 3.16. The number of aromatic nitrogens is 3. The summed E-state index contributed by atoms with van der Waals surface area (Å²) in [6.07, 6.45) is 12.6. The van der Waals surface area contributed by atoms with Crippen LogP contribution in [-0.4, -0.2) is 13.8 Å². The molecule has 2 aliphatic carbocycles. The smallest absolute Gasteiger partial charge is 0.0811 e. The van der Waals surface area contributed by atoms with Crippen molar-refractivity contribution < 1.29 is 0 Å². The second-order valence-electron chi connectivity index (χ2n) is 13.4. The Kier molecular flexibility index (Phi) is 4.99. The van der Waals surface area contributed by atoms with E-state index in [1.807, 2.05) is 23.6 Å². The van der Waals surface area contributed by atoms with Crippen LogP contribution < -0.4 is 5.32 Å². The van der Waals surface area contributed by atoms with E-state index in [9.17, 15) is 0 Å². The third-order valence-electron chi connectivity index (χ3n) is 10.7. The molecule has 6 aromatic heterocycles. The zero-order valence-corrected chi connectivity index (χ0v) is 27.2. The fraction of sp³-hybridized carbons (Fsp3) is 0.175. The van der Waals surface area contributed by atoms with Crippen LogP contribution in [0.25, 0.3) is 65.9 Å². The number of pyridine rings is 1. The molecule has 0 saturated carbocycles. The lowest BCUT2D eigenvalue weighted by atomic mass is 9.86. The molecular weight excluding hydrogens is 601 g/mol. The molecule has 3 atom stereocenters. The largest absolute Gasteiger partial charge is 0.381 e. The van der Waals surface area contributed by atoms with E-state index in [-0.39, 0.29) is 6.04 Å². The number of nitrogens with one attached hydrogen (secondary N) is 1. The minimum atomic E-state index is 0.168. The number of allylic oxidation sites excluding steroid dienone is 2. The zero-order valence-electron chi connectivity index (χ0n) is 25.5. The maximum absolute atomic E-state index is 4.73. The first-order chi connectivity index (χ1) is 22.7. The van der Waals surface area contributed by atoms with Gasteiger partial charge in [0.1, 0.15) is 0 Å². The Hall–Kier alpha value is -4.65. The van der Waals surface area contributed by atoms with Crippen LogP contribution in [0.5, 0.6) is 0 Å². The quantitative estimate of drug-likeness (QED) is 0.206. The third-order valence-corrected chi connectivity index (χ3v) is 13.1. The minimum absolute atomic E-state index is 0.168. The van der Waals surface area contributed by atoms with E-state index in [0.29, 0.717) is 11.8 Å². The number of dihydropyridines is 1. The molecule has 7 heterocycles. The van der Waals surface area contributed by atoms with Crippen LogP contribution in [0.15, 0.2) is 96.0 Å². The van der Waals surface area contributed by atoms with Crippen molar-refractivity contribution in [3.05, 3.63) is 122 Å². The first-order valence-electron chi connectivity index (χ1n) is 16.3. The lowest BCUT2D eigenvalue weighted by Gasteiger charge is -2.19. The predicted octanol–water partition coefficient (Wildman–Crippen LogP) is 10.6. The van der Waals surface area contributed by atoms with Crippen LogP contribution in [0.1, 0.15) is 58.2 Å². The van der Waals surface area contributed by atoms with Crippen LogP contribution in [0, 0.1) is 0 Å². The van der Waals surface area contributed by atoms with Crippen molar-refractivity contribution in [3.63, 3.8) is 0 Å². The van der Waals surface area contributed by atoms with Gasteiger partial charge in [0, 0.05) is 53.8 Å². The Labute approximate surface area is 273 Å². The molecule has 222 valence electrons. The molecule has 0 fully saturated rings. The normalized spacial score (nSPS) is 20.0. The van der Waals surface area contributed by atoms with Crippen molar-refractivity contribution >= 4 is 77.3 Å². The van der Waals surface area contributed by atoms with Crippen molar-refractivity contribution in [2.75, 3.05) is 0 Å². The van der Waals surface area contributed by atoms with Crippen LogP contribution in [0.4, 0.5) is 0 Å². The molecule has 3 unspecified atom stereocenters. The summed E-state index contributed by atoms with van der Waals surface area (Å²) >= 11 is 3.90. The number of rotatable bonds is 2. The summed E-state index contributed by atoms with van der Waals surface area (Å²) in [6, 6.07) is 20.6. The summed E-state index contributed by atoms with van der Waals surface area (Å²) < 4.78 is 5.25. The van der Waals surface area contributed by atoms with E-state index in [1.165, 1.54) is 71.3 Å². The highest BCUT2D eigenvalue weighted by molar-refractivity contribution is 7.14. The van der Waals surface area contributed by atoms with Gasteiger partial charge in [-0.25, -0.2) is 0 Å². The van der Waals surface area contributed by atoms with Crippen molar-refractivity contribution in [3.8, 4) is 11.3 Å². The first-order valence-corrected chi connectivity index (χ1v) is 18.0. The molecule has 1 N–H and O–H groups in total. The number of hydrogen-bond donors (Lipinski definition) is 1. The second kappa shape index (κ2) is 8.99. The molecule has 4 nitrogen and oxygen atoms in total. The summed E-state index contributed by atoms with van der Waals surface area (Å²) in [6.45, 7) is 4.90. The Bertz CT molecular complexity index is 2710. The van der Waals surface area contributed by atoms with E-state index in [2.05, 4.69) is 123 Å². The standard InChI is InChI=1S/C40H30N4S2/c1-21-15-27-25-11-9-23(29-7-3-5-13-41-29)17-31(25)43-33-19-45-20-34(33)44-32-18-24(30-8-4-6-14-42-30)10-12-26(32)28-16-22(2)40-36(38(28)44)35(37(27)43)39(21)46-40/h3-14,17-22,29,41H,15-16H2,1-2H3. The lowest BCUT2D eigenvalue weighted by molar-refractivity contribution is 0.747. The van der Waals surface area contributed by atoms with E-state index in [1.54, 1.807) is 9.75 Å². The summed E-state index contributed by atoms with van der Waals surface area (Å²) in [5.74, 6) is 0.960. The van der Waals surface area contributed by atoms with Crippen LogP contribution in [0.2, 0.25) is 0 Å². The summed E-state index contributed by atoms with van der Waals surface area (Å²) in [5.41, 5.74) is 14.5. The van der Waals surface area contributed by atoms with Gasteiger partial charge in [0.15, 0.2) is 0 Å². The van der Waals surface area contributed by atoms with Gasteiger partial charge >= 0.3 is 0 Å². The molecule has 6 heteroatoms. The fourth-order valence-corrected chi connectivity index (χ4v) is 10.9. The van der Waals surface area contributed by atoms with Gasteiger partial charge in [-0.05, 0) is 77.9 Å². The van der Waals surface area contributed by atoms with Gasteiger partial charge in [-0.2, -0.15) is 0 Å². The number of nitrogens with zero attached hydrogens (tertiary/aromatic N) is 3. The van der Waals surface area contributed by atoms with E-state index in [0.717, 1.165) is 24.1 Å². The van der Waals surface area contributed by atoms with Gasteiger partial charge in [-0.3, -0.25) is 4.98 Å². The van der Waals surface area contributed by atoms with Crippen LogP contribution >= 0.6 is 22.7 Å². The lowest BCUT2D eigenvalue weighted by Crippen LogP contribution is -2.14. The second-order valence-corrected chi connectivity index (χ2v) is 15.2. The van der Waals surface area contributed by atoms with Crippen molar-refractivity contribution in [1.29, 1.82) is 0 Å². The van der Waals surface area contributed by atoms with Crippen LogP contribution in [-0.2, 0) is 12.8 Å². The molecule has 0 radical (unpaired) electrons. The van der Waals surface area contributed by atoms with E-state index >= 15 is 0 Å². The maximum atomic E-state index is 4.73. The van der Waals surface area contributed by atoms with E-state index < -0.39 is 0 Å². The average molecular weight is 631 g/mol. The monoisotopic (exact) mass is 630 g/mol. The number of benzene rings is 2. The predicted molar refractivity (Wildman–Crippen MR) is 195 cm³/mol. The molecular formula is C40H30N4S2. The summed E-state index contributed by atoms with van der Waals surface area (Å²) in [7, 11) is 0. The zero-order chi connectivity index (χ0) is 30.3. The van der Waals surface area contributed by atoms with Gasteiger partial charge in [-0.1, -0.05) is 56.3 Å². The van der Waals surface area contributed by atoms with Gasteiger partial charge in [0.05, 0.1) is 44.8 Å². The SMILES string of the molecule is CC1Cc2c3ccc(-c4ccccn4)cc3n3c4cscc4n4c5cc(C6C=CC=CN6)ccc5c5c4c4c(sc1c4c23)C(C)C5. The Morgan fingerprint density at radius 1 is 0.761 bits per heavy atom. The molecule has 3 aliphatic rings. The van der Waals surface area contributed by atoms with Crippen molar-refractivity contribution in [1.82, 2.24) is 19.1 Å². The van der Waals surface area contributed by atoms with E-state index in [4.69, 9.17) is 4.98 Å². The molecule has 0 bridgehead atoms. The molecule has 0 amide bonds. The Morgan fingerprint density at radius 2 is 1.46 bits per heavy atom. The van der Waals surface area contributed by atoms with Gasteiger partial charge < -0.3 is 14.1 Å². The van der Waals surface area contributed by atoms with Crippen molar-refractivity contribution in [2.24, 2.45) is 0 Å². The fourth-order valence-electron chi connectivity index (χ4n) is 8.75. The molecule has 8 aromatic rings. The highest BCUT2D eigenvalue weighted by atomic mass is 32.1. The molecule has 2 aromatic carbocycles. The molecule has 0 saturated heterocycles. The topological polar surface area (TPSA) is 33.7 Å². The molecule has 0 spiro atoms.